The molecule has 1 aromatic carbocycles. The second kappa shape index (κ2) is 8.76. The van der Waals surface area contributed by atoms with Gasteiger partial charge in [-0.05, 0) is 69.1 Å². The van der Waals surface area contributed by atoms with E-state index in [0.29, 0.717) is 18.2 Å². The van der Waals surface area contributed by atoms with E-state index in [9.17, 15) is 9.90 Å². The van der Waals surface area contributed by atoms with E-state index in [2.05, 4.69) is 52.1 Å². The lowest BCUT2D eigenvalue weighted by molar-refractivity contribution is -0.118. The molecule has 1 aromatic rings. The van der Waals surface area contributed by atoms with Crippen molar-refractivity contribution in [2.24, 2.45) is 5.92 Å². The summed E-state index contributed by atoms with van der Waals surface area (Å²) in [6.07, 6.45) is 11.8. The highest BCUT2D eigenvalue weighted by molar-refractivity contribution is 5.94. The van der Waals surface area contributed by atoms with Crippen molar-refractivity contribution in [2.45, 2.75) is 115 Å². The van der Waals surface area contributed by atoms with Crippen molar-refractivity contribution in [3.8, 4) is 11.5 Å². The number of rotatable bonds is 8. The molecule has 1 fully saturated rings. The molecule has 0 saturated heterocycles. The molecule has 2 atom stereocenters. The molecule has 1 aliphatic heterocycles. The molecule has 176 valence electrons. The van der Waals surface area contributed by atoms with Crippen molar-refractivity contribution in [2.75, 3.05) is 0 Å². The molecule has 0 aromatic heterocycles. The maximum absolute atomic E-state index is 12.7. The van der Waals surface area contributed by atoms with Crippen LogP contribution in [0.2, 0.25) is 0 Å². The zero-order chi connectivity index (χ0) is 23.1. The summed E-state index contributed by atoms with van der Waals surface area (Å²) in [5.41, 5.74) is 2.53. The summed E-state index contributed by atoms with van der Waals surface area (Å²) in [5, 5.41) is 14.3. The number of amides is 1. The van der Waals surface area contributed by atoms with Gasteiger partial charge in [0.25, 0.3) is 0 Å². The third-order valence-electron chi connectivity index (χ3n) is 7.94. The van der Waals surface area contributed by atoms with E-state index in [1.807, 2.05) is 6.07 Å². The minimum atomic E-state index is -0.344. The number of unbranched alkanes of at least 4 members (excludes halogenated alkanes) is 3. The van der Waals surface area contributed by atoms with Crippen LogP contribution in [-0.2, 0) is 10.2 Å². The van der Waals surface area contributed by atoms with Gasteiger partial charge in [0.05, 0.1) is 0 Å². The minimum Gasteiger partial charge on any atom is -0.508 e. The van der Waals surface area contributed by atoms with E-state index in [4.69, 9.17) is 4.74 Å². The lowest BCUT2D eigenvalue weighted by Gasteiger charge is -2.47. The number of aromatic hydroxyl groups is 1. The molecule has 2 N–H and O–H groups in total. The molecule has 4 rings (SSSR count). The zero-order valence-corrected chi connectivity index (χ0v) is 20.6. The van der Waals surface area contributed by atoms with Gasteiger partial charge in [-0.1, -0.05) is 52.5 Å². The molecule has 0 spiro atoms. The number of fused-ring (bicyclic) bond motifs is 3. The van der Waals surface area contributed by atoms with Gasteiger partial charge >= 0.3 is 0 Å². The lowest BCUT2D eigenvalue weighted by Crippen LogP contribution is -2.46. The van der Waals surface area contributed by atoms with Crippen molar-refractivity contribution < 1.29 is 14.6 Å². The molecule has 1 amide bonds. The maximum Gasteiger partial charge on any atom is 0.247 e. The minimum absolute atomic E-state index is 0.0214. The Bertz CT molecular complexity index is 894. The van der Waals surface area contributed by atoms with E-state index >= 15 is 0 Å². The molecule has 1 saturated carbocycles. The van der Waals surface area contributed by atoms with Crippen LogP contribution in [0, 0.1) is 5.92 Å². The second-order valence-corrected chi connectivity index (χ2v) is 11.4. The predicted octanol–water partition coefficient (Wildman–Crippen LogP) is 6.51. The van der Waals surface area contributed by atoms with Crippen LogP contribution in [-0.4, -0.2) is 22.7 Å². The van der Waals surface area contributed by atoms with Gasteiger partial charge in [-0.25, -0.2) is 0 Å². The number of phenolic OH excluding ortho intramolecular Hbond substituents is 1. The summed E-state index contributed by atoms with van der Waals surface area (Å²) in [4.78, 5) is 12.7. The molecule has 0 radical (unpaired) electrons. The number of benzene rings is 1. The van der Waals surface area contributed by atoms with Gasteiger partial charge < -0.3 is 15.2 Å². The standard InChI is InChI=1S/C28H41NO3/c1-6-7-8-9-14-27(2,3)19-16-23(30)25-21-15-18(26(31)29-20-11-12-20)10-13-22(21)28(4,5)32-24(25)17-19/h10,16-17,20-22,30H,6-9,11-15H2,1-5H3,(H,29,31)/t21-,22-/m1/s1. The first-order chi connectivity index (χ1) is 15.1. The molecule has 1 heterocycles. The van der Waals surface area contributed by atoms with Crippen LogP contribution in [0.15, 0.2) is 23.8 Å². The molecule has 32 heavy (non-hydrogen) atoms. The zero-order valence-electron chi connectivity index (χ0n) is 20.6. The van der Waals surface area contributed by atoms with E-state index in [1.165, 1.54) is 25.7 Å². The van der Waals surface area contributed by atoms with E-state index in [0.717, 1.165) is 48.1 Å². The van der Waals surface area contributed by atoms with Crippen molar-refractivity contribution in [3.05, 3.63) is 34.9 Å². The summed E-state index contributed by atoms with van der Waals surface area (Å²) in [5.74, 6) is 1.54. The number of nitrogens with one attached hydrogen (secondary N) is 1. The fourth-order valence-electron chi connectivity index (χ4n) is 5.62. The highest BCUT2D eigenvalue weighted by atomic mass is 16.5. The first-order valence-corrected chi connectivity index (χ1v) is 12.7. The number of hydrogen-bond donors (Lipinski definition) is 2. The Morgan fingerprint density at radius 2 is 1.97 bits per heavy atom. The van der Waals surface area contributed by atoms with Crippen molar-refractivity contribution in [3.63, 3.8) is 0 Å². The number of carbonyl (C=O) groups excluding carboxylic acids is 1. The summed E-state index contributed by atoms with van der Waals surface area (Å²) < 4.78 is 6.53. The van der Waals surface area contributed by atoms with Crippen molar-refractivity contribution in [1.82, 2.24) is 5.32 Å². The quantitative estimate of drug-likeness (QED) is 0.454. The van der Waals surface area contributed by atoms with Gasteiger partial charge in [0.1, 0.15) is 17.1 Å². The van der Waals surface area contributed by atoms with Crippen LogP contribution in [0.25, 0.3) is 0 Å². The normalized spacial score (nSPS) is 24.1. The van der Waals surface area contributed by atoms with Gasteiger partial charge in [-0.15, -0.1) is 0 Å². The Labute approximate surface area is 193 Å². The Balaban J connectivity index is 1.61. The molecular weight excluding hydrogens is 398 g/mol. The highest BCUT2D eigenvalue weighted by Crippen LogP contribution is 2.55. The average molecular weight is 440 g/mol. The van der Waals surface area contributed by atoms with E-state index in [1.54, 1.807) is 0 Å². The highest BCUT2D eigenvalue weighted by Gasteiger charge is 2.47. The van der Waals surface area contributed by atoms with Gasteiger partial charge in [0.2, 0.25) is 5.91 Å². The fraction of sp³-hybridized carbons (Fsp3) is 0.679. The van der Waals surface area contributed by atoms with Crippen LogP contribution in [0.4, 0.5) is 0 Å². The molecule has 0 unspecified atom stereocenters. The van der Waals surface area contributed by atoms with Crippen LogP contribution in [0.3, 0.4) is 0 Å². The third kappa shape index (κ3) is 4.70. The molecule has 0 bridgehead atoms. The molecule has 3 aliphatic rings. The Kier molecular flexibility index (Phi) is 6.35. The average Bonchev–Trinajstić information content (AvgIpc) is 3.54. The SMILES string of the molecule is CCCCCCC(C)(C)c1cc(O)c2c(c1)OC(C)(C)[C@@H]1CC=C(C(=O)NC3CC3)C[C@@H]21. The summed E-state index contributed by atoms with van der Waals surface area (Å²) in [6, 6.07) is 4.48. The van der Waals surface area contributed by atoms with Gasteiger partial charge in [0.15, 0.2) is 0 Å². The third-order valence-corrected chi connectivity index (χ3v) is 7.94. The Morgan fingerprint density at radius 1 is 1.22 bits per heavy atom. The summed E-state index contributed by atoms with van der Waals surface area (Å²) >= 11 is 0. The van der Waals surface area contributed by atoms with E-state index < -0.39 is 0 Å². The number of ether oxygens (including phenoxy) is 1. The first-order valence-electron chi connectivity index (χ1n) is 12.7. The summed E-state index contributed by atoms with van der Waals surface area (Å²) in [7, 11) is 0. The lowest BCUT2D eigenvalue weighted by atomic mass is 9.66. The van der Waals surface area contributed by atoms with Crippen molar-refractivity contribution >= 4 is 5.91 Å². The molecule has 4 nitrogen and oxygen atoms in total. The number of hydrogen-bond acceptors (Lipinski definition) is 3. The molecule has 2 aliphatic carbocycles. The van der Waals surface area contributed by atoms with Gasteiger partial charge in [-0.2, -0.15) is 0 Å². The van der Waals surface area contributed by atoms with Gasteiger partial charge in [-0.3, -0.25) is 4.79 Å². The second-order valence-electron chi connectivity index (χ2n) is 11.4. The Morgan fingerprint density at radius 3 is 2.66 bits per heavy atom. The summed E-state index contributed by atoms with van der Waals surface area (Å²) in [6.45, 7) is 11.1. The molecule has 4 heteroatoms. The van der Waals surface area contributed by atoms with E-state index in [-0.39, 0.29) is 28.8 Å². The van der Waals surface area contributed by atoms with Crippen LogP contribution < -0.4 is 10.1 Å². The monoisotopic (exact) mass is 439 g/mol. The smallest absolute Gasteiger partial charge is 0.247 e. The number of phenols is 1. The largest absolute Gasteiger partial charge is 0.508 e. The Hall–Kier alpha value is -1.97. The molecular formula is C28H41NO3. The first kappa shape index (κ1) is 23.2. The topological polar surface area (TPSA) is 58.6 Å². The van der Waals surface area contributed by atoms with Crippen LogP contribution >= 0.6 is 0 Å². The van der Waals surface area contributed by atoms with Gasteiger partial charge in [0, 0.05) is 29.0 Å². The fourth-order valence-corrected chi connectivity index (χ4v) is 5.62. The van der Waals surface area contributed by atoms with Crippen LogP contribution in [0.5, 0.6) is 11.5 Å². The number of allylic oxidation sites excluding steroid dienone is 1. The van der Waals surface area contributed by atoms with Crippen LogP contribution in [0.1, 0.15) is 109 Å². The number of carbonyl (C=O) groups is 1. The maximum atomic E-state index is 12.7. The predicted molar refractivity (Wildman–Crippen MR) is 129 cm³/mol. The van der Waals surface area contributed by atoms with Crippen molar-refractivity contribution in [1.29, 1.82) is 0 Å².